The molecule has 1 aromatic carbocycles. The molecule has 0 unspecified atom stereocenters. The molecule has 168 valence electrons. The van der Waals surface area contributed by atoms with E-state index in [0.717, 1.165) is 48.3 Å². The summed E-state index contributed by atoms with van der Waals surface area (Å²) in [7, 11) is 0. The molecule has 32 heavy (non-hydrogen) atoms. The van der Waals surface area contributed by atoms with Crippen LogP contribution in [-0.4, -0.2) is 51.7 Å². The van der Waals surface area contributed by atoms with Gasteiger partial charge in [0.1, 0.15) is 5.69 Å². The van der Waals surface area contributed by atoms with Crippen LogP contribution in [0.4, 0.5) is 5.95 Å². The second-order valence-corrected chi connectivity index (χ2v) is 8.51. The lowest BCUT2D eigenvalue weighted by Gasteiger charge is -2.21. The number of quaternary nitrogens is 1. The molecule has 0 aliphatic carbocycles. The zero-order valence-corrected chi connectivity index (χ0v) is 18.7. The van der Waals surface area contributed by atoms with Crippen LogP contribution in [0.1, 0.15) is 40.5 Å². The smallest absolute Gasteiger partial charge is 0.268 e. The van der Waals surface area contributed by atoms with Crippen LogP contribution >= 0.6 is 11.6 Å². The molecule has 3 aromatic rings. The van der Waals surface area contributed by atoms with Gasteiger partial charge in [-0.25, -0.2) is 9.97 Å². The maximum atomic E-state index is 12.8. The average molecular weight is 456 g/mol. The van der Waals surface area contributed by atoms with Gasteiger partial charge >= 0.3 is 0 Å². The molecule has 1 saturated heterocycles. The minimum Gasteiger partial charge on any atom is -0.394 e. The van der Waals surface area contributed by atoms with Crippen molar-refractivity contribution in [3.63, 3.8) is 0 Å². The number of nitrogens with two attached hydrogens (primary N) is 1. The molecule has 9 heteroatoms. The van der Waals surface area contributed by atoms with Crippen molar-refractivity contribution >= 4 is 23.5 Å². The Morgan fingerprint density at radius 1 is 1.34 bits per heavy atom. The number of aryl methyl sites for hydroxylation is 1. The standard InChI is InChI=1S/C23H27ClN6O2/c1-14-11-27-23(28-18-5-7-25-8-6-18)30-21(14)16-10-19(26-12-16)22(32)29-20(13-31)15-3-2-4-17(24)9-15/h2-4,9-12,18,20,25-26,31H,5-8,13H2,1H3,(H,29,32)(H,27,28,30)/p+1/t20-/m1/s1. The van der Waals surface area contributed by atoms with Crippen molar-refractivity contribution in [3.05, 3.63) is 64.6 Å². The van der Waals surface area contributed by atoms with Gasteiger partial charge in [0.05, 0.1) is 31.4 Å². The van der Waals surface area contributed by atoms with E-state index < -0.39 is 6.04 Å². The van der Waals surface area contributed by atoms with Crippen LogP contribution in [0.5, 0.6) is 0 Å². The highest BCUT2D eigenvalue weighted by Crippen LogP contribution is 2.24. The van der Waals surface area contributed by atoms with Crippen LogP contribution in [0.3, 0.4) is 0 Å². The third-order valence-electron chi connectivity index (χ3n) is 5.68. The first-order chi connectivity index (χ1) is 15.5. The predicted molar refractivity (Wildman–Crippen MR) is 124 cm³/mol. The fourth-order valence-corrected chi connectivity index (χ4v) is 4.11. The maximum absolute atomic E-state index is 12.8. The van der Waals surface area contributed by atoms with Crippen LogP contribution in [-0.2, 0) is 0 Å². The number of hydrogen-bond donors (Lipinski definition) is 5. The van der Waals surface area contributed by atoms with Crippen molar-refractivity contribution in [2.75, 3.05) is 25.0 Å². The number of aliphatic hydroxyl groups is 1. The minimum absolute atomic E-state index is 0.237. The van der Waals surface area contributed by atoms with Gasteiger partial charge < -0.3 is 26.0 Å². The average Bonchev–Trinajstić information content (AvgIpc) is 3.29. The maximum Gasteiger partial charge on any atom is 0.268 e. The molecule has 1 fully saturated rings. The number of amides is 1. The van der Waals surface area contributed by atoms with Gasteiger partial charge in [-0.15, -0.1) is 0 Å². The number of aromatic nitrogens is 3. The number of rotatable bonds is 7. The molecule has 3 heterocycles. The van der Waals surface area contributed by atoms with Gasteiger partial charge in [-0.1, -0.05) is 23.7 Å². The van der Waals surface area contributed by atoms with Gasteiger partial charge in [-0.05, 0) is 36.2 Å². The largest absolute Gasteiger partial charge is 0.394 e. The number of nitrogens with one attached hydrogen (secondary N) is 3. The first-order valence-electron chi connectivity index (χ1n) is 10.8. The number of H-pyrrole nitrogens is 1. The number of anilines is 1. The van der Waals surface area contributed by atoms with Crippen LogP contribution in [0.2, 0.25) is 5.02 Å². The Morgan fingerprint density at radius 2 is 2.16 bits per heavy atom. The van der Waals surface area contributed by atoms with E-state index in [2.05, 4.69) is 25.9 Å². The van der Waals surface area contributed by atoms with Crippen LogP contribution < -0.4 is 16.0 Å². The normalized spacial score (nSPS) is 15.3. The number of benzene rings is 1. The second-order valence-electron chi connectivity index (χ2n) is 8.08. The molecular weight excluding hydrogens is 428 g/mol. The van der Waals surface area contributed by atoms with Gasteiger partial charge in [0.25, 0.3) is 5.91 Å². The summed E-state index contributed by atoms with van der Waals surface area (Å²) in [6, 6.07) is 8.66. The van der Waals surface area contributed by atoms with Crippen LogP contribution in [0, 0.1) is 6.92 Å². The lowest BCUT2D eigenvalue weighted by molar-refractivity contribution is -0.662. The lowest BCUT2D eigenvalue weighted by atomic mass is 10.1. The van der Waals surface area contributed by atoms with E-state index in [1.807, 2.05) is 13.0 Å². The lowest BCUT2D eigenvalue weighted by Crippen LogP contribution is -2.87. The molecule has 0 saturated carbocycles. The number of aromatic amines is 1. The van der Waals surface area contributed by atoms with E-state index in [0.29, 0.717) is 22.7 Å². The van der Waals surface area contributed by atoms with Crippen molar-refractivity contribution in [2.45, 2.75) is 31.8 Å². The van der Waals surface area contributed by atoms with E-state index in [1.165, 1.54) is 0 Å². The summed E-state index contributed by atoms with van der Waals surface area (Å²) in [5.74, 6) is 0.282. The molecule has 1 aliphatic heterocycles. The Bertz CT molecular complexity index is 1080. The molecule has 1 amide bonds. The molecule has 4 rings (SSSR count). The molecule has 1 aliphatic rings. The predicted octanol–water partition coefficient (Wildman–Crippen LogP) is 2.03. The number of hydrogen-bond acceptors (Lipinski definition) is 5. The summed E-state index contributed by atoms with van der Waals surface area (Å²) in [6.45, 7) is 3.92. The van der Waals surface area contributed by atoms with Crippen LogP contribution in [0.15, 0.2) is 42.7 Å². The van der Waals surface area contributed by atoms with E-state index >= 15 is 0 Å². The summed E-state index contributed by atoms with van der Waals surface area (Å²) in [5, 5.41) is 18.9. The molecule has 8 nitrogen and oxygen atoms in total. The molecule has 1 atom stereocenters. The van der Waals surface area contributed by atoms with Crippen LogP contribution in [0.25, 0.3) is 11.3 Å². The summed E-state index contributed by atoms with van der Waals surface area (Å²) in [5.41, 5.74) is 3.62. The van der Waals surface area contributed by atoms with Crippen molar-refractivity contribution in [3.8, 4) is 11.3 Å². The third kappa shape index (κ3) is 5.27. The van der Waals surface area contributed by atoms with Crippen molar-refractivity contribution in [2.24, 2.45) is 0 Å². The van der Waals surface area contributed by atoms with E-state index in [1.54, 1.807) is 36.7 Å². The second kappa shape index (κ2) is 10.1. The number of carbonyl (C=O) groups is 1. The third-order valence-corrected chi connectivity index (χ3v) is 5.92. The highest BCUT2D eigenvalue weighted by molar-refractivity contribution is 6.30. The fraction of sp³-hybridized carbons (Fsp3) is 0.348. The first kappa shape index (κ1) is 22.3. The quantitative estimate of drug-likeness (QED) is 0.373. The topological polar surface area (TPSA) is 120 Å². The minimum atomic E-state index is -0.558. The van der Waals surface area contributed by atoms with Gasteiger partial charge in [0, 0.05) is 41.9 Å². The Balaban J connectivity index is 1.49. The summed E-state index contributed by atoms with van der Waals surface area (Å²) in [4.78, 5) is 25.0. The molecule has 0 spiro atoms. The van der Waals surface area contributed by atoms with E-state index in [4.69, 9.17) is 16.6 Å². The summed E-state index contributed by atoms with van der Waals surface area (Å²) in [6.07, 6.45) is 5.73. The fourth-order valence-electron chi connectivity index (χ4n) is 3.91. The van der Waals surface area contributed by atoms with Gasteiger partial charge in [0.15, 0.2) is 0 Å². The Morgan fingerprint density at radius 3 is 2.91 bits per heavy atom. The van der Waals surface area contributed by atoms with Crippen molar-refractivity contribution < 1.29 is 15.2 Å². The first-order valence-corrected chi connectivity index (χ1v) is 11.2. The zero-order valence-electron chi connectivity index (χ0n) is 17.9. The van der Waals surface area contributed by atoms with Crippen molar-refractivity contribution in [1.82, 2.24) is 20.3 Å². The van der Waals surface area contributed by atoms with Gasteiger partial charge in [0.2, 0.25) is 5.95 Å². The summed E-state index contributed by atoms with van der Waals surface area (Å²) >= 11 is 6.04. The van der Waals surface area contributed by atoms with Gasteiger partial charge in [-0.2, -0.15) is 0 Å². The molecule has 6 N–H and O–H groups in total. The number of carbonyl (C=O) groups excluding carboxylic acids is 1. The molecule has 2 aromatic heterocycles. The highest BCUT2D eigenvalue weighted by atomic mass is 35.5. The molecular formula is C23H28ClN6O2+. The number of nitrogens with zero attached hydrogens (tertiary/aromatic N) is 2. The Hall–Kier alpha value is -2.94. The monoisotopic (exact) mass is 455 g/mol. The number of piperidine rings is 1. The SMILES string of the molecule is Cc1cnc(NC2CC[NH2+]CC2)nc1-c1c[nH]c(C(=O)N[C@H](CO)c2cccc(Cl)c2)c1. The number of halogens is 1. The Kier molecular flexibility index (Phi) is 7.04. The molecule has 0 bridgehead atoms. The van der Waals surface area contributed by atoms with E-state index in [-0.39, 0.29) is 12.5 Å². The highest BCUT2D eigenvalue weighted by Gasteiger charge is 2.19. The van der Waals surface area contributed by atoms with Crippen molar-refractivity contribution in [1.29, 1.82) is 0 Å². The summed E-state index contributed by atoms with van der Waals surface area (Å²) < 4.78 is 0. The zero-order chi connectivity index (χ0) is 22.5. The van der Waals surface area contributed by atoms with Gasteiger partial charge in [-0.3, -0.25) is 4.79 Å². The molecule has 0 radical (unpaired) electrons. The van der Waals surface area contributed by atoms with E-state index in [9.17, 15) is 9.90 Å². The number of aliphatic hydroxyl groups excluding tert-OH is 1. The Labute approximate surface area is 191 Å².